The molecule has 0 fully saturated rings. The first kappa shape index (κ1) is 19.5. The van der Waals surface area contributed by atoms with Crippen molar-refractivity contribution in [3.05, 3.63) is 93.3 Å². The van der Waals surface area contributed by atoms with Gasteiger partial charge in [-0.05, 0) is 37.0 Å². The molecule has 1 atom stereocenters. The van der Waals surface area contributed by atoms with E-state index in [1.807, 2.05) is 55.5 Å². The van der Waals surface area contributed by atoms with E-state index in [1.165, 1.54) is 0 Å². The summed E-state index contributed by atoms with van der Waals surface area (Å²) in [7, 11) is 0. The molecule has 0 saturated carbocycles. The Morgan fingerprint density at radius 3 is 2.59 bits per heavy atom. The van der Waals surface area contributed by atoms with E-state index in [9.17, 15) is 9.59 Å². The smallest absolute Gasteiger partial charge is 0.337 e. The maximum Gasteiger partial charge on any atom is 0.337 e. The summed E-state index contributed by atoms with van der Waals surface area (Å²) >= 11 is 6.50. The van der Waals surface area contributed by atoms with E-state index >= 15 is 0 Å². The minimum absolute atomic E-state index is 0.0597. The van der Waals surface area contributed by atoms with Crippen molar-refractivity contribution in [2.75, 3.05) is 0 Å². The maximum absolute atomic E-state index is 13.2. The van der Waals surface area contributed by atoms with Gasteiger partial charge in [0.2, 0.25) is 0 Å². The van der Waals surface area contributed by atoms with Crippen LogP contribution in [0.5, 0.6) is 0 Å². The molecule has 1 heterocycles. The summed E-state index contributed by atoms with van der Waals surface area (Å²) < 4.78 is 5.63. The van der Waals surface area contributed by atoms with Crippen molar-refractivity contribution < 1.29 is 14.3 Å². The van der Waals surface area contributed by atoms with Crippen molar-refractivity contribution in [1.82, 2.24) is 5.32 Å². The Hall–Kier alpha value is -2.85. The van der Waals surface area contributed by atoms with Crippen LogP contribution in [0.2, 0.25) is 5.02 Å². The number of nitrogens with one attached hydrogen (secondary N) is 1. The Morgan fingerprint density at radius 1 is 1.10 bits per heavy atom. The average molecular weight is 408 g/mol. The number of hydrogen-bond donors (Lipinski definition) is 1. The molecule has 1 aliphatic heterocycles. The zero-order valence-corrected chi connectivity index (χ0v) is 17.0. The molecule has 148 valence electrons. The lowest BCUT2D eigenvalue weighted by atomic mass is 9.75. The molecule has 5 heteroatoms. The van der Waals surface area contributed by atoms with Crippen LogP contribution < -0.4 is 5.32 Å². The molecule has 1 aliphatic carbocycles. The summed E-state index contributed by atoms with van der Waals surface area (Å²) in [5.74, 6) is -0.894. The van der Waals surface area contributed by atoms with Gasteiger partial charge in [-0.3, -0.25) is 4.79 Å². The van der Waals surface area contributed by atoms with Gasteiger partial charge in [0.1, 0.15) is 6.61 Å². The van der Waals surface area contributed by atoms with Crippen LogP contribution in [0.3, 0.4) is 0 Å². The molecule has 1 N–H and O–H groups in total. The van der Waals surface area contributed by atoms with Crippen LogP contribution in [0.25, 0.3) is 0 Å². The molecule has 29 heavy (non-hydrogen) atoms. The standard InChI is InChI=1S/C24H22ClNO3/c1-15-21(24(28)29-14-16-8-3-2-4-9-16)22(17-10-5-6-11-18(17)25)23-19(26-15)12-7-13-20(23)27/h2-6,8-11,22,26H,7,12-14H2,1H3/t22-/m1/s1. The molecule has 0 spiro atoms. The van der Waals surface area contributed by atoms with Crippen molar-refractivity contribution in [1.29, 1.82) is 0 Å². The summed E-state index contributed by atoms with van der Waals surface area (Å²) in [6.45, 7) is 2.03. The SMILES string of the molecule is CC1=C(C(=O)OCc2ccccc2)[C@@H](c2ccccc2Cl)C2=C(CCCC2=O)N1. The fourth-order valence-corrected chi connectivity index (χ4v) is 4.32. The second-order valence-corrected chi connectivity index (χ2v) is 7.76. The molecule has 0 bridgehead atoms. The van der Waals surface area contributed by atoms with E-state index in [1.54, 1.807) is 6.07 Å². The molecule has 0 saturated heterocycles. The molecule has 0 amide bonds. The van der Waals surface area contributed by atoms with Crippen molar-refractivity contribution in [2.24, 2.45) is 0 Å². The second-order valence-electron chi connectivity index (χ2n) is 7.35. The monoisotopic (exact) mass is 407 g/mol. The highest BCUT2D eigenvalue weighted by molar-refractivity contribution is 6.31. The highest BCUT2D eigenvalue weighted by Crippen LogP contribution is 2.44. The molecule has 4 nitrogen and oxygen atoms in total. The molecular weight excluding hydrogens is 386 g/mol. The van der Waals surface area contributed by atoms with Crippen LogP contribution in [0.1, 0.15) is 43.2 Å². The number of carbonyl (C=O) groups excluding carboxylic acids is 2. The van der Waals surface area contributed by atoms with Crippen LogP contribution >= 0.6 is 11.6 Å². The minimum Gasteiger partial charge on any atom is -0.457 e. The Morgan fingerprint density at radius 2 is 1.83 bits per heavy atom. The number of ketones is 1. The average Bonchev–Trinajstić information content (AvgIpc) is 2.72. The third kappa shape index (κ3) is 3.85. The van der Waals surface area contributed by atoms with Gasteiger partial charge in [-0.25, -0.2) is 4.79 Å². The van der Waals surface area contributed by atoms with Gasteiger partial charge in [-0.2, -0.15) is 0 Å². The number of halogens is 1. The molecule has 2 aromatic carbocycles. The van der Waals surface area contributed by atoms with Gasteiger partial charge in [0.05, 0.1) is 5.57 Å². The number of esters is 1. The van der Waals surface area contributed by atoms with E-state index in [-0.39, 0.29) is 12.4 Å². The topological polar surface area (TPSA) is 55.4 Å². The first-order chi connectivity index (χ1) is 14.1. The first-order valence-corrected chi connectivity index (χ1v) is 10.1. The summed E-state index contributed by atoms with van der Waals surface area (Å²) in [6.07, 6.45) is 2.07. The third-order valence-corrected chi connectivity index (χ3v) is 5.77. The number of carbonyl (C=O) groups is 2. The fourth-order valence-electron chi connectivity index (χ4n) is 4.07. The molecule has 0 radical (unpaired) electrons. The number of Topliss-reactive ketones (excluding diaryl/α,β-unsaturated/α-hetero) is 1. The molecule has 2 aliphatic rings. The first-order valence-electron chi connectivity index (χ1n) is 9.75. The summed E-state index contributed by atoms with van der Waals surface area (Å²) in [4.78, 5) is 26.0. The minimum atomic E-state index is -0.518. The molecule has 0 unspecified atom stereocenters. The zero-order valence-electron chi connectivity index (χ0n) is 16.2. The lowest BCUT2D eigenvalue weighted by molar-refractivity contribution is -0.140. The normalized spacial score (nSPS) is 19.0. The molecule has 2 aromatic rings. The maximum atomic E-state index is 13.2. The Bertz CT molecular complexity index is 1020. The van der Waals surface area contributed by atoms with Crippen LogP contribution in [0.15, 0.2) is 77.1 Å². The Kier molecular flexibility index (Phi) is 5.54. The van der Waals surface area contributed by atoms with Crippen LogP contribution in [0, 0.1) is 0 Å². The summed E-state index contributed by atoms with van der Waals surface area (Å²) in [5.41, 5.74) is 4.35. The van der Waals surface area contributed by atoms with E-state index < -0.39 is 11.9 Å². The van der Waals surface area contributed by atoms with E-state index in [0.717, 1.165) is 29.7 Å². The quantitative estimate of drug-likeness (QED) is 0.720. The van der Waals surface area contributed by atoms with Gasteiger partial charge in [0.15, 0.2) is 5.78 Å². The van der Waals surface area contributed by atoms with Crippen molar-refractivity contribution in [3.63, 3.8) is 0 Å². The number of allylic oxidation sites excluding steroid dienone is 3. The van der Waals surface area contributed by atoms with Crippen LogP contribution in [0.4, 0.5) is 0 Å². The highest BCUT2D eigenvalue weighted by Gasteiger charge is 2.39. The predicted octanol–water partition coefficient (Wildman–Crippen LogP) is 5.05. The second kappa shape index (κ2) is 8.26. The van der Waals surface area contributed by atoms with Crippen LogP contribution in [-0.4, -0.2) is 11.8 Å². The number of dihydropyridines is 1. The van der Waals surface area contributed by atoms with Crippen molar-refractivity contribution >= 4 is 23.4 Å². The highest BCUT2D eigenvalue weighted by atomic mass is 35.5. The number of ether oxygens (including phenoxy) is 1. The lowest BCUT2D eigenvalue weighted by Gasteiger charge is -2.34. The number of benzene rings is 2. The van der Waals surface area contributed by atoms with E-state index in [2.05, 4.69) is 5.32 Å². The van der Waals surface area contributed by atoms with Gasteiger partial charge in [-0.15, -0.1) is 0 Å². The van der Waals surface area contributed by atoms with Crippen LogP contribution in [-0.2, 0) is 20.9 Å². The molecular formula is C24H22ClNO3. The van der Waals surface area contributed by atoms with E-state index in [4.69, 9.17) is 16.3 Å². The van der Waals surface area contributed by atoms with Gasteiger partial charge in [0.25, 0.3) is 0 Å². The fraction of sp³-hybridized carbons (Fsp3) is 0.250. The molecule has 0 aromatic heterocycles. The molecule has 4 rings (SSSR count). The summed E-state index contributed by atoms with van der Waals surface area (Å²) in [5, 5.41) is 3.82. The Balaban J connectivity index is 1.73. The van der Waals surface area contributed by atoms with E-state index in [0.29, 0.717) is 28.3 Å². The Labute approximate surface area is 175 Å². The number of rotatable bonds is 4. The number of hydrogen-bond acceptors (Lipinski definition) is 4. The van der Waals surface area contributed by atoms with Crippen molar-refractivity contribution in [3.8, 4) is 0 Å². The van der Waals surface area contributed by atoms with Gasteiger partial charge in [0, 0.05) is 34.3 Å². The van der Waals surface area contributed by atoms with Crippen molar-refractivity contribution in [2.45, 2.75) is 38.7 Å². The van der Waals surface area contributed by atoms with Gasteiger partial charge in [-0.1, -0.05) is 60.1 Å². The van der Waals surface area contributed by atoms with Gasteiger partial charge < -0.3 is 10.1 Å². The summed E-state index contributed by atoms with van der Waals surface area (Å²) in [6, 6.07) is 16.9. The van der Waals surface area contributed by atoms with Gasteiger partial charge >= 0.3 is 5.97 Å². The zero-order chi connectivity index (χ0) is 20.4. The third-order valence-electron chi connectivity index (χ3n) is 5.42. The predicted molar refractivity (Wildman–Crippen MR) is 112 cm³/mol. The lowest BCUT2D eigenvalue weighted by Crippen LogP contribution is -2.34. The largest absolute Gasteiger partial charge is 0.457 e.